The summed E-state index contributed by atoms with van der Waals surface area (Å²) in [5, 5.41) is 12.2. The van der Waals surface area contributed by atoms with Gasteiger partial charge in [0.1, 0.15) is 0 Å². The number of carbonyl (C=O) groups excluding carboxylic acids is 1. The van der Waals surface area contributed by atoms with E-state index >= 15 is 0 Å². The summed E-state index contributed by atoms with van der Waals surface area (Å²) in [4.78, 5) is 13.2. The number of carbonyl (C=O) groups is 1. The molecular weight excluding hydrogens is 180 g/mol. The third-order valence-corrected chi connectivity index (χ3v) is 2.98. The van der Waals surface area contributed by atoms with Gasteiger partial charge >= 0.3 is 0 Å². The standard InChI is InChI=1S/C10H20N2O2/c1-8-9(13)4-3-6-12(8)7-5-10(14)11-2/h8-9,13H,3-7H2,1-2H3,(H,11,14). The third kappa shape index (κ3) is 2.96. The average Bonchev–Trinajstić information content (AvgIpc) is 2.20. The average molecular weight is 200 g/mol. The molecule has 0 bridgehead atoms. The van der Waals surface area contributed by atoms with Crippen LogP contribution in [0.2, 0.25) is 0 Å². The van der Waals surface area contributed by atoms with E-state index in [1.807, 2.05) is 6.92 Å². The molecule has 2 atom stereocenters. The maximum Gasteiger partial charge on any atom is 0.221 e. The van der Waals surface area contributed by atoms with Crippen LogP contribution in [0, 0.1) is 0 Å². The molecule has 0 saturated carbocycles. The molecule has 1 aliphatic rings. The smallest absolute Gasteiger partial charge is 0.221 e. The molecule has 1 amide bonds. The van der Waals surface area contributed by atoms with Crippen LogP contribution in [0.15, 0.2) is 0 Å². The molecule has 0 aromatic rings. The van der Waals surface area contributed by atoms with Gasteiger partial charge in [0.05, 0.1) is 6.10 Å². The van der Waals surface area contributed by atoms with E-state index in [2.05, 4.69) is 10.2 Å². The summed E-state index contributed by atoms with van der Waals surface area (Å²) in [5.41, 5.74) is 0. The van der Waals surface area contributed by atoms with Crippen LogP contribution in [0.3, 0.4) is 0 Å². The lowest BCUT2D eigenvalue weighted by Gasteiger charge is -2.36. The van der Waals surface area contributed by atoms with E-state index in [-0.39, 0.29) is 18.1 Å². The van der Waals surface area contributed by atoms with Crippen LogP contribution in [0.25, 0.3) is 0 Å². The van der Waals surface area contributed by atoms with Gasteiger partial charge in [0.15, 0.2) is 0 Å². The molecule has 0 aromatic carbocycles. The second-order valence-corrected chi connectivity index (χ2v) is 3.91. The van der Waals surface area contributed by atoms with Crippen molar-refractivity contribution in [3.05, 3.63) is 0 Å². The SMILES string of the molecule is CNC(=O)CCN1CCCC(O)C1C. The highest BCUT2D eigenvalue weighted by Crippen LogP contribution is 2.17. The predicted molar refractivity (Wildman–Crippen MR) is 55.0 cm³/mol. The Morgan fingerprint density at radius 1 is 1.64 bits per heavy atom. The molecular formula is C10H20N2O2. The number of rotatable bonds is 3. The lowest BCUT2D eigenvalue weighted by molar-refractivity contribution is -0.121. The maximum atomic E-state index is 11.0. The zero-order chi connectivity index (χ0) is 10.6. The Hall–Kier alpha value is -0.610. The van der Waals surface area contributed by atoms with Crippen molar-refractivity contribution < 1.29 is 9.90 Å². The Balaban J connectivity index is 2.32. The molecule has 0 aromatic heterocycles. The third-order valence-electron chi connectivity index (χ3n) is 2.98. The lowest BCUT2D eigenvalue weighted by Crippen LogP contribution is -2.47. The van der Waals surface area contributed by atoms with Crippen LogP contribution >= 0.6 is 0 Å². The van der Waals surface area contributed by atoms with Crippen molar-refractivity contribution in [2.75, 3.05) is 20.1 Å². The number of aliphatic hydroxyl groups excluding tert-OH is 1. The summed E-state index contributed by atoms with van der Waals surface area (Å²) >= 11 is 0. The molecule has 0 radical (unpaired) electrons. The van der Waals surface area contributed by atoms with E-state index in [1.165, 1.54) is 0 Å². The molecule has 1 heterocycles. The van der Waals surface area contributed by atoms with E-state index in [4.69, 9.17) is 0 Å². The summed E-state index contributed by atoms with van der Waals surface area (Å²) in [6.07, 6.45) is 2.21. The Morgan fingerprint density at radius 2 is 2.36 bits per heavy atom. The molecule has 1 saturated heterocycles. The molecule has 4 heteroatoms. The van der Waals surface area contributed by atoms with Crippen molar-refractivity contribution >= 4 is 5.91 Å². The van der Waals surface area contributed by atoms with Gasteiger partial charge in [-0.1, -0.05) is 0 Å². The van der Waals surface area contributed by atoms with Gasteiger partial charge in [-0.3, -0.25) is 9.69 Å². The van der Waals surface area contributed by atoms with Crippen LogP contribution in [0.4, 0.5) is 0 Å². The topological polar surface area (TPSA) is 52.6 Å². The first-order chi connectivity index (χ1) is 6.65. The minimum atomic E-state index is -0.228. The van der Waals surface area contributed by atoms with Crippen molar-refractivity contribution in [3.63, 3.8) is 0 Å². The van der Waals surface area contributed by atoms with Crippen molar-refractivity contribution in [1.82, 2.24) is 10.2 Å². The Bertz CT molecular complexity index is 197. The summed E-state index contributed by atoms with van der Waals surface area (Å²) in [6, 6.07) is 0.188. The molecule has 1 aliphatic heterocycles. The fourth-order valence-corrected chi connectivity index (χ4v) is 1.88. The summed E-state index contributed by atoms with van der Waals surface area (Å²) in [6.45, 7) is 3.76. The van der Waals surface area contributed by atoms with Gasteiger partial charge in [0.25, 0.3) is 0 Å². The van der Waals surface area contributed by atoms with Crippen LogP contribution in [0.1, 0.15) is 26.2 Å². The first-order valence-electron chi connectivity index (χ1n) is 5.28. The number of amides is 1. The number of nitrogens with one attached hydrogen (secondary N) is 1. The van der Waals surface area contributed by atoms with Crippen LogP contribution in [0.5, 0.6) is 0 Å². The molecule has 14 heavy (non-hydrogen) atoms. The molecule has 0 spiro atoms. The first kappa shape index (κ1) is 11.5. The minimum absolute atomic E-state index is 0.0669. The van der Waals surface area contributed by atoms with Crippen LogP contribution in [-0.4, -0.2) is 48.2 Å². The Labute approximate surface area is 85.3 Å². The van der Waals surface area contributed by atoms with Gasteiger partial charge in [0.2, 0.25) is 5.91 Å². The summed E-state index contributed by atoms with van der Waals surface area (Å²) < 4.78 is 0. The number of nitrogens with zero attached hydrogens (tertiary/aromatic N) is 1. The molecule has 1 fully saturated rings. The second-order valence-electron chi connectivity index (χ2n) is 3.91. The number of aliphatic hydroxyl groups is 1. The van der Waals surface area contributed by atoms with Crippen LogP contribution in [-0.2, 0) is 4.79 Å². The zero-order valence-corrected chi connectivity index (χ0v) is 8.99. The highest BCUT2D eigenvalue weighted by molar-refractivity contribution is 5.75. The molecule has 4 nitrogen and oxygen atoms in total. The summed E-state index contributed by atoms with van der Waals surface area (Å²) in [7, 11) is 1.65. The van der Waals surface area contributed by atoms with E-state index in [9.17, 15) is 9.90 Å². The van der Waals surface area contributed by atoms with Crippen LogP contribution < -0.4 is 5.32 Å². The summed E-state index contributed by atoms with van der Waals surface area (Å²) in [5.74, 6) is 0.0669. The molecule has 0 aliphatic carbocycles. The van der Waals surface area contributed by atoms with Gasteiger partial charge in [-0.2, -0.15) is 0 Å². The predicted octanol–water partition coefficient (Wildman–Crippen LogP) is -0.0323. The Kier molecular flexibility index (Phi) is 4.35. The Morgan fingerprint density at radius 3 is 3.00 bits per heavy atom. The minimum Gasteiger partial charge on any atom is -0.392 e. The molecule has 2 unspecified atom stereocenters. The molecule has 1 rings (SSSR count). The van der Waals surface area contributed by atoms with Crippen molar-refractivity contribution in [2.45, 2.75) is 38.3 Å². The van der Waals surface area contributed by atoms with Gasteiger partial charge in [-0.25, -0.2) is 0 Å². The highest BCUT2D eigenvalue weighted by atomic mass is 16.3. The zero-order valence-electron chi connectivity index (χ0n) is 8.99. The van der Waals surface area contributed by atoms with E-state index in [0.717, 1.165) is 25.9 Å². The van der Waals surface area contributed by atoms with Gasteiger partial charge in [0, 0.05) is 26.1 Å². The van der Waals surface area contributed by atoms with Crippen molar-refractivity contribution in [2.24, 2.45) is 0 Å². The lowest BCUT2D eigenvalue weighted by atomic mass is 10.0. The first-order valence-corrected chi connectivity index (χ1v) is 5.28. The quantitative estimate of drug-likeness (QED) is 0.672. The fraction of sp³-hybridized carbons (Fsp3) is 0.900. The van der Waals surface area contributed by atoms with Crippen molar-refractivity contribution in [1.29, 1.82) is 0 Å². The van der Waals surface area contributed by atoms with Gasteiger partial charge in [-0.05, 0) is 26.3 Å². The fourth-order valence-electron chi connectivity index (χ4n) is 1.88. The highest BCUT2D eigenvalue weighted by Gasteiger charge is 2.25. The van der Waals surface area contributed by atoms with E-state index in [0.29, 0.717) is 6.42 Å². The largest absolute Gasteiger partial charge is 0.392 e. The number of likely N-dealkylation sites (tertiary alicyclic amines) is 1. The maximum absolute atomic E-state index is 11.0. The van der Waals surface area contributed by atoms with Gasteiger partial charge in [-0.15, -0.1) is 0 Å². The van der Waals surface area contributed by atoms with Crippen molar-refractivity contribution in [3.8, 4) is 0 Å². The number of hydrogen-bond donors (Lipinski definition) is 2. The van der Waals surface area contributed by atoms with Gasteiger partial charge < -0.3 is 10.4 Å². The van der Waals surface area contributed by atoms with E-state index in [1.54, 1.807) is 7.05 Å². The number of hydrogen-bond acceptors (Lipinski definition) is 3. The number of piperidine rings is 1. The molecule has 82 valence electrons. The second kappa shape index (κ2) is 5.32. The van der Waals surface area contributed by atoms with E-state index < -0.39 is 0 Å². The monoisotopic (exact) mass is 200 g/mol. The normalized spacial score (nSPS) is 28.8. The molecule has 2 N–H and O–H groups in total.